The van der Waals surface area contributed by atoms with Gasteiger partial charge in [-0.3, -0.25) is 0 Å². The number of benzene rings is 2. The molecule has 26 heavy (non-hydrogen) atoms. The first-order valence-electron chi connectivity index (χ1n) is 8.59. The second kappa shape index (κ2) is 8.05. The van der Waals surface area contributed by atoms with Gasteiger partial charge >= 0.3 is 0 Å². The van der Waals surface area contributed by atoms with Gasteiger partial charge in [0.15, 0.2) is 0 Å². The van der Waals surface area contributed by atoms with Crippen molar-refractivity contribution in [3.8, 4) is 0 Å². The SMILES string of the molecule is Cc1cc(F)ccc1S(=O)(=O)N1CCN(CCc2ccc(Cl)cc2)CC1. The molecule has 2 aromatic carbocycles. The van der Waals surface area contributed by atoms with E-state index in [2.05, 4.69) is 4.90 Å². The second-order valence-electron chi connectivity index (χ2n) is 6.53. The minimum absolute atomic E-state index is 0.188. The lowest BCUT2D eigenvalue weighted by atomic mass is 10.1. The topological polar surface area (TPSA) is 40.6 Å². The Bertz CT molecular complexity index is 864. The highest BCUT2D eigenvalue weighted by molar-refractivity contribution is 7.89. The zero-order valence-corrected chi connectivity index (χ0v) is 16.2. The molecule has 0 aromatic heterocycles. The standard InChI is InChI=1S/C19H22ClFN2O2S/c1-15-14-18(21)6-7-19(15)26(24,25)23-12-10-22(11-13-23)9-8-16-2-4-17(20)5-3-16/h2-7,14H,8-13H2,1H3. The van der Waals surface area contributed by atoms with Crippen molar-refractivity contribution in [1.82, 2.24) is 9.21 Å². The number of aryl methyl sites for hydroxylation is 1. The summed E-state index contributed by atoms with van der Waals surface area (Å²) < 4.78 is 40.4. The third kappa shape index (κ3) is 4.43. The lowest BCUT2D eigenvalue weighted by Gasteiger charge is -2.34. The van der Waals surface area contributed by atoms with E-state index in [1.165, 1.54) is 28.1 Å². The van der Waals surface area contributed by atoms with Gasteiger partial charge in [0, 0.05) is 37.7 Å². The molecular formula is C19H22ClFN2O2S. The maximum atomic E-state index is 13.3. The lowest BCUT2D eigenvalue weighted by Crippen LogP contribution is -2.49. The minimum Gasteiger partial charge on any atom is -0.300 e. The summed E-state index contributed by atoms with van der Waals surface area (Å²) in [7, 11) is -3.58. The number of sulfonamides is 1. The van der Waals surface area contributed by atoms with Crippen LogP contribution >= 0.6 is 11.6 Å². The monoisotopic (exact) mass is 396 g/mol. The summed E-state index contributed by atoms with van der Waals surface area (Å²) in [4.78, 5) is 2.45. The highest BCUT2D eigenvalue weighted by Crippen LogP contribution is 2.22. The van der Waals surface area contributed by atoms with Gasteiger partial charge in [0.05, 0.1) is 4.90 Å². The molecule has 2 aromatic rings. The van der Waals surface area contributed by atoms with E-state index in [0.717, 1.165) is 18.0 Å². The predicted molar refractivity (Wildman–Crippen MR) is 101 cm³/mol. The number of rotatable bonds is 5. The van der Waals surface area contributed by atoms with E-state index >= 15 is 0 Å². The Morgan fingerprint density at radius 1 is 1.04 bits per heavy atom. The van der Waals surface area contributed by atoms with E-state index in [0.29, 0.717) is 31.7 Å². The van der Waals surface area contributed by atoms with Crippen molar-refractivity contribution < 1.29 is 12.8 Å². The summed E-state index contributed by atoms with van der Waals surface area (Å²) in [5.41, 5.74) is 1.65. The van der Waals surface area contributed by atoms with Gasteiger partial charge < -0.3 is 4.90 Å². The third-order valence-electron chi connectivity index (χ3n) is 4.72. The molecule has 0 N–H and O–H groups in total. The van der Waals surface area contributed by atoms with Gasteiger partial charge in [-0.1, -0.05) is 23.7 Å². The van der Waals surface area contributed by atoms with Crippen LogP contribution in [-0.2, 0) is 16.4 Å². The van der Waals surface area contributed by atoms with Crippen molar-refractivity contribution in [2.45, 2.75) is 18.2 Å². The number of piperazine rings is 1. The zero-order chi connectivity index (χ0) is 18.7. The smallest absolute Gasteiger partial charge is 0.243 e. The van der Waals surface area contributed by atoms with Crippen LogP contribution in [0.2, 0.25) is 5.02 Å². The van der Waals surface area contributed by atoms with Crippen LogP contribution in [0, 0.1) is 12.7 Å². The van der Waals surface area contributed by atoms with Crippen LogP contribution in [0.5, 0.6) is 0 Å². The van der Waals surface area contributed by atoms with E-state index in [1.54, 1.807) is 6.92 Å². The van der Waals surface area contributed by atoms with E-state index < -0.39 is 15.8 Å². The van der Waals surface area contributed by atoms with Gasteiger partial charge in [0.2, 0.25) is 10.0 Å². The quantitative estimate of drug-likeness (QED) is 0.778. The maximum absolute atomic E-state index is 13.3. The molecule has 0 radical (unpaired) electrons. The average Bonchev–Trinajstić information content (AvgIpc) is 2.61. The molecule has 140 valence electrons. The molecule has 1 aliphatic heterocycles. The van der Waals surface area contributed by atoms with Gasteiger partial charge in [0.25, 0.3) is 0 Å². The summed E-state index contributed by atoms with van der Waals surface area (Å²) in [6, 6.07) is 11.6. The molecule has 0 bridgehead atoms. The summed E-state index contributed by atoms with van der Waals surface area (Å²) in [6.45, 7) is 4.77. The van der Waals surface area contributed by atoms with Crippen LogP contribution in [0.4, 0.5) is 4.39 Å². The first kappa shape index (κ1) is 19.3. The maximum Gasteiger partial charge on any atom is 0.243 e. The normalized spacial score (nSPS) is 16.7. The van der Waals surface area contributed by atoms with Crippen LogP contribution < -0.4 is 0 Å². The third-order valence-corrected chi connectivity index (χ3v) is 7.03. The Morgan fingerprint density at radius 3 is 2.31 bits per heavy atom. The van der Waals surface area contributed by atoms with E-state index in [-0.39, 0.29) is 4.90 Å². The Balaban J connectivity index is 1.58. The highest BCUT2D eigenvalue weighted by Gasteiger charge is 2.29. The molecule has 0 aliphatic carbocycles. The first-order chi connectivity index (χ1) is 12.4. The molecule has 0 saturated carbocycles. The summed E-state index contributed by atoms with van der Waals surface area (Å²) in [5, 5.41) is 0.726. The molecular weight excluding hydrogens is 375 g/mol. The van der Waals surface area contributed by atoms with Crippen molar-refractivity contribution in [1.29, 1.82) is 0 Å². The molecule has 0 spiro atoms. The van der Waals surface area contributed by atoms with Crippen LogP contribution in [0.15, 0.2) is 47.4 Å². The molecule has 1 heterocycles. The Hall–Kier alpha value is -1.47. The van der Waals surface area contributed by atoms with Gasteiger partial charge in [-0.2, -0.15) is 4.31 Å². The summed E-state index contributed by atoms with van der Waals surface area (Å²) in [5.74, 6) is -0.423. The van der Waals surface area contributed by atoms with Crippen LogP contribution in [0.3, 0.4) is 0 Å². The van der Waals surface area contributed by atoms with Gasteiger partial charge in [-0.15, -0.1) is 0 Å². The molecule has 3 rings (SSSR count). The Kier molecular flexibility index (Phi) is 5.97. The van der Waals surface area contributed by atoms with Crippen molar-refractivity contribution in [3.05, 3.63) is 64.4 Å². The Morgan fingerprint density at radius 2 is 1.69 bits per heavy atom. The van der Waals surface area contributed by atoms with E-state index in [1.807, 2.05) is 24.3 Å². The van der Waals surface area contributed by atoms with Crippen molar-refractivity contribution in [3.63, 3.8) is 0 Å². The fraction of sp³-hybridized carbons (Fsp3) is 0.368. The minimum atomic E-state index is -3.58. The molecule has 0 atom stereocenters. The zero-order valence-electron chi connectivity index (χ0n) is 14.7. The van der Waals surface area contributed by atoms with E-state index in [9.17, 15) is 12.8 Å². The first-order valence-corrected chi connectivity index (χ1v) is 10.4. The van der Waals surface area contributed by atoms with Crippen molar-refractivity contribution in [2.75, 3.05) is 32.7 Å². The van der Waals surface area contributed by atoms with Gasteiger partial charge in [-0.05, 0) is 54.8 Å². The fourth-order valence-electron chi connectivity index (χ4n) is 3.17. The van der Waals surface area contributed by atoms with E-state index in [4.69, 9.17) is 11.6 Å². The van der Waals surface area contributed by atoms with Crippen molar-refractivity contribution >= 4 is 21.6 Å². The fourth-order valence-corrected chi connectivity index (χ4v) is 4.93. The number of halogens is 2. The van der Waals surface area contributed by atoms with Crippen LogP contribution in [0.1, 0.15) is 11.1 Å². The number of hydrogen-bond acceptors (Lipinski definition) is 3. The van der Waals surface area contributed by atoms with Gasteiger partial charge in [0.1, 0.15) is 5.82 Å². The molecule has 4 nitrogen and oxygen atoms in total. The highest BCUT2D eigenvalue weighted by atomic mass is 35.5. The molecule has 7 heteroatoms. The van der Waals surface area contributed by atoms with Crippen LogP contribution in [-0.4, -0.2) is 50.3 Å². The lowest BCUT2D eigenvalue weighted by molar-refractivity contribution is 0.190. The molecule has 1 aliphatic rings. The average molecular weight is 397 g/mol. The Labute approximate surface area is 159 Å². The van der Waals surface area contributed by atoms with Gasteiger partial charge in [-0.25, -0.2) is 12.8 Å². The molecule has 1 fully saturated rings. The molecule has 0 unspecified atom stereocenters. The largest absolute Gasteiger partial charge is 0.300 e. The number of nitrogens with zero attached hydrogens (tertiary/aromatic N) is 2. The molecule has 1 saturated heterocycles. The summed E-state index contributed by atoms with van der Waals surface area (Å²) in [6.07, 6.45) is 0.904. The second-order valence-corrected chi connectivity index (χ2v) is 8.87. The predicted octanol–water partition coefficient (Wildman–Crippen LogP) is 3.34. The summed E-state index contributed by atoms with van der Waals surface area (Å²) >= 11 is 5.90. The number of hydrogen-bond donors (Lipinski definition) is 0. The molecule has 0 amide bonds. The van der Waals surface area contributed by atoms with Crippen molar-refractivity contribution in [2.24, 2.45) is 0 Å². The van der Waals surface area contributed by atoms with Crippen LogP contribution in [0.25, 0.3) is 0 Å².